The third-order valence-electron chi connectivity index (χ3n) is 2.99. The molecule has 1 amide bonds. The summed E-state index contributed by atoms with van der Waals surface area (Å²) in [6, 6.07) is 5.24. The average Bonchev–Trinajstić information content (AvgIpc) is 2.55. The SMILES string of the molecule is COc1ccc([N+](=O)[O-])cc1OCC(=O)Nc1c(F)cc(F)cc1Br. The smallest absolute Gasteiger partial charge is 0.273 e. The number of nitro groups is 1. The van der Waals surface area contributed by atoms with E-state index in [4.69, 9.17) is 9.47 Å². The van der Waals surface area contributed by atoms with Crippen molar-refractivity contribution in [2.24, 2.45) is 0 Å². The molecule has 0 aliphatic rings. The zero-order valence-corrected chi connectivity index (χ0v) is 14.3. The number of benzene rings is 2. The first-order valence-electron chi connectivity index (χ1n) is 6.71. The van der Waals surface area contributed by atoms with Crippen molar-refractivity contribution in [3.8, 4) is 11.5 Å². The largest absolute Gasteiger partial charge is 0.493 e. The molecule has 1 N–H and O–H groups in total. The van der Waals surface area contributed by atoms with Crippen LogP contribution in [-0.2, 0) is 4.79 Å². The maximum atomic E-state index is 13.7. The van der Waals surface area contributed by atoms with E-state index in [2.05, 4.69) is 21.2 Å². The van der Waals surface area contributed by atoms with Crippen LogP contribution in [0.15, 0.2) is 34.8 Å². The van der Waals surface area contributed by atoms with Gasteiger partial charge in [-0.15, -0.1) is 0 Å². The lowest BCUT2D eigenvalue weighted by Crippen LogP contribution is -2.21. The first kappa shape index (κ1) is 18.6. The minimum Gasteiger partial charge on any atom is -0.493 e. The van der Waals surface area contributed by atoms with Crippen molar-refractivity contribution >= 4 is 33.2 Å². The molecule has 0 aliphatic carbocycles. The molecule has 0 aromatic heterocycles. The Morgan fingerprint density at radius 3 is 2.60 bits per heavy atom. The van der Waals surface area contributed by atoms with Gasteiger partial charge in [-0.3, -0.25) is 14.9 Å². The Bertz CT molecular complexity index is 809. The Balaban J connectivity index is 2.10. The number of amides is 1. The number of methoxy groups -OCH3 is 1. The van der Waals surface area contributed by atoms with Crippen LogP contribution >= 0.6 is 15.9 Å². The highest BCUT2D eigenvalue weighted by atomic mass is 79.9. The number of ether oxygens (including phenoxy) is 2. The number of carbonyl (C=O) groups excluding carboxylic acids is 1. The molecule has 0 aliphatic heterocycles. The van der Waals surface area contributed by atoms with Crippen molar-refractivity contribution in [2.75, 3.05) is 19.0 Å². The summed E-state index contributed by atoms with van der Waals surface area (Å²) in [5.41, 5.74) is -0.496. The highest BCUT2D eigenvalue weighted by Crippen LogP contribution is 2.31. The zero-order chi connectivity index (χ0) is 18.6. The molecule has 0 atom stereocenters. The second kappa shape index (κ2) is 7.88. The molecular formula is C15H11BrF2N2O5. The van der Waals surface area contributed by atoms with E-state index in [0.29, 0.717) is 6.07 Å². The van der Waals surface area contributed by atoms with Gasteiger partial charge in [0.1, 0.15) is 5.82 Å². The standard InChI is InChI=1S/C15H11BrF2N2O5/c1-24-12-3-2-9(20(22)23)6-13(12)25-7-14(21)19-15-10(16)4-8(17)5-11(15)18/h2-6H,7H2,1H3,(H,19,21). The van der Waals surface area contributed by atoms with Gasteiger partial charge in [-0.1, -0.05) is 0 Å². The predicted octanol–water partition coefficient (Wildman–Crippen LogP) is 3.66. The molecule has 0 radical (unpaired) electrons. The summed E-state index contributed by atoms with van der Waals surface area (Å²) in [6.07, 6.45) is 0. The van der Waals surface area contributed by atoms with Gasteiger partial charge < -0.3 is 14.8 Å². The molecule has 132 valence electrons. The molecule has 0 bridgehead atoms. The van der Waals surface area contributed by atoms with Gasteiger partial charge in [-0.2, -0.15) is 0 Å². The number of nitrogens with one attached hydrogen (secondary N) is 1. The summed E-state index contributed by atoms with van der Waals surface area (Å²) in [7, 11) is 1.33. The van der Waals surface area contributed by atoms with Gasteiger partial charge in [0.05, 0.1) is 23.8 Å². The average molecular weight is 417 g/mol. The molecule has 2 aromatic carbocycles. The Morgan fingerprint density at radius 1 is 1.28 bits per heavy atom. The van der Waals surface area contributed by atoms with Crippen molar-refractivity contribution in [3.05, 3.63) is 56.6 Å². The fourth-order valence-corrected chi connectivity index (χ4v) is 2.38. The van der Waals surface area contributed by atoms with Gasteiger partial charge in [0.2, 0.25) is 0 Å². The number of non-ortho nitro benzene ring substituents is 1. The van der Waals surface area contributed by atoms with E-state index in [-0.39, 0.29) is 27.3 Å². The fourth-order valence-electron chi connectivity index (χ4n) is 1.87. The fraction of sp³-hybridized carbons (Fsp3) is 0.133. The van der Waals surface area contributed by atoms with Crippen LogP contribution in [0.4, 0.5) is 20.2 Å². The summed E-state index contributed by atoms with van der Waals surface area (Å²) in [4.78, 5) is 22.1. The highest BCUT2D eigenvalue weighted by Gasteiger charge is 2.16. The summed E-state index contributed by atoms with van der Waals surface area (Å²) in [5, 5.41) is 13.0. The maximum Gasteiger partial charge on any atom is 0.273 e. The van der Waals surface area contributed by atoms with Crippen molar-refractivity contribution in [1.82, 2.24) is 0 Å². The topological polar surface area (TPSA) is 90.7 Å². The third kappa shape index (κ3) is 4.63. The number of halogens is 3. The van der Waals surface area contributed by atoms with E-state index >= 15 is 0 Å². The number of hydrogen-bond donors (Lipinski definition) is 1. The van der Waals surface area contributed by atoms with Crippen LogP contribution in [0.2, 0.25) is 0 Å². The number of nitro benzene ring substituents is 1. The van der Waals surface area contributed by atoms with Crippen LogP contribution in [-0.4, -0.2) is 24.5 Å². The lowest BCUT2D eigenvalue weighted by molar-refractivity contribution is -0.385. The molecule has 2 aromatic rings. The van der Waals surface area contributed by atoms with Crippen LogP contribution in [0.1, 0.15) is 0 Å². The van der Waals surface area contributed by atoms with Gasteiger partial charge in [0.15, 0.2) is 23.9 Å². The monoisotopic (exact) mass is 416 g/mol. The number of carbonyl (C=O) groups is 1. The Kier molecular flexibility index (Phi) is 5.86. The van der Waals surface area contributed by atoms with Gasteiger partial charge in [-0.05, 0) is 28.1 Å². The summed E-state index contributed by atoms with van der Waals surface area (Å²) < 4.78 is 36.9. The molecule has 0 fully saturated rings. The molecular weight excluding hydrogens is 406 g/mol. The first-order valence-corrected chi connectivity index (χ1v) is 7.50. The molecule has 0 heterocycles. The molecule has 0 saturated heterocycles. The Morgan fingerprint density at radius 2 is 2.00 bits per heavy atom. The molecule has 10 heteroatoms. The van der Waals surface area contributed by atoms with Crippen molar-refractivity contribution < 1.29 is 28.0 Å². The Labute approximate surface area is 148 Å². The minimum absolute atomic E-state index is 0.0197. The predicted molar refractivity (Wildman–Crippen MR) is 87.8 cm³/mol. The third-order valence-corrected chi connectivity index (χ3v) is 3.61. The Hall–Kier alpha value is -2.75. The van der Waals surface area contributed by atoms with E-state index in [0.717, 1.165) is 12.1 Å². The lowest BCUT2D eigenvalue weighted by Gasteiger charge is -2.12. The molecule has 25 heavy (non-hydrogen) atoms. The molecule has 7 nitrogen and oxygen atoms in total. The molecule has 0 spiro atoms. The van der Waals surface area contributed by atoms with Gasteiger partial charge in [-0.25, -0.2) is 8.78 Å². The number of nitrogens with zero attached hydrogens (tertiary/aromatic N) is 1. The maximum absolute atomic E-state index is 13.7. The summed E-state index contributed by atoms with van der Waals surface area (Å²) in [5.74, 6) is -2.36. The van der Waals surface area contributed by atoms with Crippen LogP contribution < -0.4 is 14.8 Å². The van der Waals surface area contributed by atoms with E-state index in [9.17, 15) is 23.7 Å². The van der Waals surface area contributed by atoms with Gasteiger partial charge in [0.25, 0.3) is 11.6 Å². The minimum atomic E-state index is -0.965. The van der Waals surface area contributed by atoms with Crippen molar-refractivity contribution in [3.63, 3.8) is 0 Å². The van der Waals surface area contributed by atoms with Crippen LogP contribution in [0.5, 0.6) is 11.5 Å². The highest BCUT2D eigenvalue weighted by molar-refractivity contribution is 9.10. The molecule has 2 rings (SSSR count). The second-order valence-corrected chi connectivity index (χ2v) is 5.53. The first-order chi connectivity index (χ1) is 11.8. The van der Waals surface area contributed by atoms with Crippen LogP contribution in [0.25, 0.3) is 0 Å². The van der Waals surface area contributed by atoms with Crippen LogP contribution in [0.3, 0.4) is 0 Å². The van der Waals surface area contributed by atoms with Crippen molar-refractivity contribution in [2.45, 2.75) is 0 Å². The molecule has 0 saturated carbocycles. The molecule has 0 unspecified atom stereocenters. The normalized spacial score (nSPS) is 10.2. The van der Waals surface area contributed by atoms with Crippen LogP contribution in [0, 0.1) is 21.7 Å². The van der Waals surface area contributed by atoms with E-state index in [1.54, 1.807) is 0 Å². The van der Waals surface area contributed by atoms with Gasteiger partial charge in [0, 0.05) is 16.6 Å². The summed E-state index contributed by atoms with van der Waals surface area (Å²) in [6.45, 7) is -0.569. The number of anilines is 1. The van der Waals surface area contributed by atoms with Gasteiger partial charge >= 0.3 is 0 Å². The number of hydrogen-bond acceptors (Lipinski definition) is 5. The van der Waals surface area contributed by atoms with E-state index in [1.807, 2.05) is 0 Å². The van der Waals surface area contributed by atoms with E-state index < -0.39 is 29.1 Å². The summed E-state index contributed by atoms with van der Waals surface area (Å²) >= 11 is 2.94. The second-order valence-electron chi connectivity index (χ2n) is 4.67. The zero-order valence-electron chi connectivity index (χ0n) is 12.7. The van der Waals surface area contributed by atoms with E-state index in [1.165, 1.54) is 19.2 Å². The lowest BCUT2D eigenvalue weighted by atomic mass is 10.3. The quantitative estimate of drug-likeness (QED) is 0.572. The number of rotatable bonds is 6. The van der Waals surface area contributed by atoms with Crippen molar-refractivity contribution in [1.29, 1.82) is 0 Å².